The van der Waals surface area contributed by atoms with Gasteiger partial charge in [0.05, 0.1) is 13.7 Å². The SMILES string of the molecule is COC(=O)c1cc(C(O)C(O)CO)cnc1F. The first-order chi connectivity index (χ1) is 8.01. The number of halogens is 1. The molecule has 0 aliphatic rings. The van der Waals surface area contributed by atoms with Crippen LogP contribution in [0, 0.1) is 5.95 Å². The first kappa shape index (κ1) is 13.5. The first-order valence-electron chi connectivity index (χ1n) is 4.72. The van der Waals surface area contributed by atoms with Crippen molar-refractivity contribution in [3.63, 3.8) is 0 Å². The van der Waals surface area contributed by atoms with Crippen LogP contribution in [-0.4, -0.2) is 46.1 Å². The van der Waals surface area contributed by atoms with Crippen molar-refractivity contribution in [2.45, 2.75) is 12.2 Å². The van der Waals surface area contributed by atoms with E-state index in [0.29, 0.717) is 0 Å². The van der Waals surface area contributed by atoms with E-state index in [2.05, 4.69) is 9.72 Å². The molecule has 6 nitrogen and oxygen atoms in total. The maximum atomic E-state index is 13.1. The molecule has 1 aromatic heterocycles. The number of carbonyl (C=O) groups is 1. The molecule has 1 rings (SSSR count). The molecule has 0 amide bonds. The van der Waals surface area contributed by atoms with Crippen molar-refractivity contribution in [3.8, 4) is 0 Å². The van der Waals surface area contributed by atoms with E-state index < -0.39 is 36.3 Å². The summed E-state index contributed by atoms with van der Waals surface area (Å²) in [6.07, 6.45) is -1.94. The average molecular weight is 245 g/mol. The van der Waals surface area contributed by atoms with Crippen LogP contribution < -0.4 is 0 Å². The molecule has 1 heterocycles. The Bertz CT molecular complexity index is 412. The van der Waals surface area contributed by atoms with Gasteiger partial charge < -0.3 is 20.1 Å². The Hall–Kier alpha value is -1.57. The lowest BCUT2D eigenvalue weighted by Crippen LogP contribution is -2.22. The molecule has 0 aromatic carbocycles. The minimum Gasteiger partial charge on any atom is -0.465 e. The summed E-state index contributed by atoms with van der Waals surface area (Å²) < 4.78 is 17.5. The van der Waals surface area contributed by atoms with Crippen molar-refractivity contribution >= 4 is 5.97 Å². The number of hydrogen-bond donors (Lipinski definition) is 3. The summed E-state index contributed by atoms with van der Waals surface area (Å²) in [7, 11) is 1.08. The molecule has 0 radical (unpaired) electrons. The van der Waals surface area contributed by atoms with Crippen LogP contribution in [0.1, 0.15) is 22.0 Å². The lowest BCUT2D eigenvalue weighted by molar-refractivity contribution is -0.0155. The third-order valence-corrected chi connectivity index (χ3v) is 2.16. The summed E-state index contributed by atoms with van der Waals surface area (Å²) in [5.41, 5.74) is -0.442. The van der Waals surface area contributed by atoms with E-state index in [1.54, 1.807) is 0 Å². The summed E-state index contributed by atoms with van der Waals surface area (Å²) in [5, 5.41) is 27.4. The summed E-state index contributed by atoms with van der Waals surface area (Å²) in [6, 6.07) is 1.01. The van der Waals surface area contributed by atoms with E-state index in [0.717, 1.165) is 19.4 Å². The van der Waals surface area contributed by atoms with Crippen LogP contribution in [0.2, 0.25) is 0 Å². The van der Waals surface area contributed by atoms with Gasteiger partial charge >= 0.3 is 5.97 Å². The predicted molar refractivity (Wildman–Crippen MR) is 53.6 cm³/mol. The topological polar surface area (TPSA) is 99.9 Å². The van der Waals surface area contributed by atoms with Crippen molar-refractivity contribution in [2.24, 2.45) is 0 Å². The Kier molecular flexibility index (Phi) is 4.50. The van der Waals surface area contributed by atoms with E-state index >= 15 is 0 Å². The molecule has 7 heteroatoms. The second kappa shape index (κ2) is 5.67. The van der Waals surface area contributed by atoms with Gasteiger partial charge in [0.2, 0.25) is 5.95 Å². The van der Waals surface area contributed by atoms with Crippen molar-refractivity contribution in [1.29, 1.82) is 0 Å². The number of pyridine rings is 1. The number of esters is 1. The van der Waals surface area contributed by atoms with Gasteiger partial charge in [0.15, 0.2) is 0 Å². The number of nitrogens with zero attached hydrogens (tertiary/aromatic N) is 1. The van der Waals surface area contributed by atoms with Crippen LogP contribution in [-0.2, 0) is 4.74 Å². The number of aliphatic hydroxyl groups is 3. The number of ether oxygens (including phenoxy) is 1. The molecule has 3 N–H and O–H groups in total. The summed E-state index contributed by atoms with van der Waals surface area (Å²) in [4.78, 5) is 14.4. The highest BCUT2D eigenvalue weighted by molar-refractivity contribution is 5.89. The molecule has 0 fully saturated rings. The lowest BCUT2D eigenvalue weighted by atomic mass is 10.1. The summed E-state index contributed by atoms with van der Waals surface area (Å²) >= 11 is 0. The average Bonchev–Trinajstić information content (AvgIpc) is 2.36. The number of hydrogen-bond acceptors (Lipinski definition) is 6. The van der Waals surface area contributed by atoms with Gasteiger partial charge in [-0.15, -0.1) is 0 Å². The number of carbonyl (C=O) groups excluding carboxylic acids is 1. The molecule has 0 aliphatic heterocycles. The zero-order chi connectivity index (χ0) is 13.0. The van der Waals surface area contributed by atoms with Crippen LogP contribution in [0.3, 0.4) is 0 Å². The lowest BCUT2D eigenvalue weighted by Gasteiger charge is -2.16. The standard InChI is InChI=1S/C10H12FNO5/c1-17-10(16)6-2-5(3-12-9(6)11)8(15)7(14)4-13/h2-3,7-8,13-15H,4H2,1H3. The normalized spacial score (nSPS) is 14.2. The van der Waals surface area contributed by atoms with Crippen molar-refractivity contribution in [2.75, 3.05) is 13.7 Å². The fourth-order valence-electron chi connectivity index (χ4n) is 1.20. The second-order valence-electron chi connectivity index (χ2n) is 3.29. The quantitative estimate of drug-likeness (QED) is 0.483. The van der Waals surface area contributed by atoms with Crippen molar-refractivity contribution in [3.05, 3.63) is 29.3 Å². The molecule has 2 unspecified atom stereocenters. The van der Waals surface area contributed by atoms with Crippen LogP contribution in [0.15, 0.2) is 12.3 Å². The molecule has 0 saturated heterocycles. The molecular formula is C10H12FNO5. The van der Waals surface area contributed by atoms with Crippen LogP contribution in [0.25, 0.3) is 0 Å². The van der Waals surface area contributed by atoms with Gasteiger partial charge in [-0.05, 0) is 6.07 Å². The van der Waals surface area contributed by atoms with Crippen LogP contribution >= 0.6 is 0 Å². The van der Waals surface area contributed by atoms with Gasteiger partial charge in [-0.1, -0.05) is 0 Å². The van der Waals surface area contributed by atoms with Gasteiger partial charge in [-0.3, -0.25) is 0 Å². The van der Waals surface area contributed by atoms with Gasteiger partial charge in [0.25, 0.3) is 0 Å². The highest BCUT2D eigenvalue weighted by atomic mass is 19.1. The van der Waals surface area contributed by atoms with E-state index in [9.17, 15) is 19.4 Å². The molecule has 17 heavy (non-hydrogen) atoms. The number of aromatic nitrogens is 1. The molecule has 0 aliphatic carbocycles. The summed E-state index contributed by atoms with van der Waals surface area (Å²) in [5.74, 6) is -1.98. The Labute approximate surface area is 96.3 Å². The smallest absolute Gasteiger partial charge is 0.342 e. The highest BCUT2D eigenvalue weighted by Gasteiger charge is 2.21. The number of aliphatic hydroxyl groups excluding tert-OH is 3. The zero-order valence-electron chi connectivity index (χ0n) is 9.00. The van der Waals surface area contributed by atoms with Gasteiger partial charge in [0.1, 0.15) is 17.8 Å². The molecule has 0 saturated carbocycles. The fourth-order valence-corrected chi connectivity index (χ4v) is 1.20. The third-order valence-electron chi connectivity index (χ3n) is 2.16. The second-order valence-corrected chi connectivity index (χ2v) is 3.29. The Morgan fingerprint density at radius 1 is 1.59 bits per heavy atom. The van der Waals surface area contributed by atoms with E-state index in [1.807, 2.05) is 0 Å². The van der Waals surface area contributed by atoms with Crippen molar-refractivity contribution < 1.29 is 29.2 Å². The molecule has 0 spiro atoms. The molecule has 94 valence electrons. The first-order valence-corrected chi connectivity index (χ1v) is 4.72. The Morgan fingerprint density at radius 3 is 2.76 bits per heavy atom. The van der Waals surface area contributed by atoms with Crippen molar-refractivity contribution in [1.82, 2.24) is 4.98 Å². The minimum absolute atomic E-state index is 0.00773. The number of rotatable bonds is 4. The Balaban J connectivity index is 3.08. The fraction of sp³-hybridized carbons (Fsp3) is 0.400. The van der Waals surface area contributed by atoms with Gasteiger partial charge in [0, 0.05) is 11.8 Å². The highest BCUT2D eigenvalue weighted by Crippen LogP contribution is 2.18. The van der Waals surface area contributed by atoms with Crippen LogP contribution in [0.5, 0.6) is 0 Å². The summed E-state index contributed by atoms with van der Waals surface area (Å²) in [6.45, 7) is -0.675. The van der Waals surface area contributed by atoms with Crippen LogP contribution in [0.4, 0.5) is 4.39 Å². The van der Waals surface area contributed by atoms with E-state index in [1.165, 1.54) is 0 Å². The van der Waals surface area contributed by atoms with Gasteiger partial charge in [-0.2, -0.15) is 4.39 Å². The maximum Gasteiger partial charge on any atom is 0.342 e. The van der Waals surface area contributed by atoms with E-state index in [-0.39, 0.29) is 5.56 Å². The molecule has 1 aromatic rings. The molecular weight excluding hydrogens is 233 g/mol. The number of methoxy groups -OCH3 is 1. The zero-order valence-corrected chi connectivity index (χ0v) is 9.00. The minimum atomic E-state index is -1.46. The Morgan fingerprint density at radius 2 is 2.24 bits per heavy atom. The maximum absolute atomic E-state index is 13.1. The monoisotopic (exact) mass is 245 g/mol. The molecule has 2 atom stereocenters. The predicted octanol–water partition coefficient (Wildman–Crippen LogP) is -0.606. The largest absolute Gasteiger partial charge is 0.465 e. The van der Waals surface area contributed by atoms with E-state index in [4.69, 9.17) is 5.11 Å². The molecule has 0 bridgehead atoms. The third kappa shape index (κ3) is 2.96. The van der Waals surface area contributed by atoms with Gasteiger partial charge in [-0.25, -0.2) is 9.78 Å².